The largest absolute Gasteiger partial charge is 0.383 e. The minimum absolute atomic E-state index is 0.141. The summed E-state index contributed by atoms with van der Waals surface area (Å²) in [6.45, 7) is 5.72. The van der Waals surface area contributed by atoms with Crippen molar-refractivity contribution < 1.29 is 14.3 Å². The van der Waals surface area contributed by atoms with Crippen molar-refractivity contribution in [3.63, 3.8) is 0 Å². The minimum atomic E-state index is 0.141. The van der Waals surface area contributed by atoms with E-state index in [1.807, 2.05) is 11.8 Å². The van der Waals surface area contributed by atoms with Gasteiger partial charge in [0.2, 0.25) is 5.91 Å². The van der Waals surface area contributed by atoms with E-state index in [-0.39, 0.29) is 11.9 Å². The van der Waals surface area contributed by atoms with Crippen LogP contribution in [0.25, 0.3) is 0 Å². The average molecular weight is 216 g/mol. The van der Waals surface area contributed by atoms with Crippen molar-refractivity contribution in [2.24, 2.45) is 0 Å². The van der Waals surface area contributed by atoms with Gasteiger partial charge >= 0.3 is 0 Å². The first kappa shape index (κ1) is 12.4. The third-order valence-electron chi connectivity index (χ3n) is 2.45. The molecule has 1 fully saturated rings. The zero-order valence-corrected chi connectivity index (χ0v) is 9.49. The van der Waals surface area contributed by atoms with Gasteiger partial charge in [0.15, 0.2) is 0 Å². The number of carbonyl (C=O) groups excluding carboxylic acids is 1. The zero-order valence-electron chi connectivity index (χ0n) is 9.49. The topological polar surface area (TPSA) is 50.8 Å². The van der Waals surface area contributed by atoms with E-state index in [0.29, 0.717) is 39.5 Å². The Morgan fingerprint density at radius 3 is 3.13 bits per heavy atom. The zero-order chi connectivity index (χ0) is 11.1. The van der Waals surface area contributed by atoms with Crippen molar-refractivity contribution in [1.29, 1.82) is 0 Å². The smallest absolute Gasteiger partial charge is 0.236 e. The Balaban J connectivity index is 2.20. The van der Waals surface area contributed by atoms with Crippen LogP contribution in [0.3, 0.4) is 0 Å². The van der Waals surface area contributed by atoms with Crippen LogP contribution in [-0.4, -0.2) is 63.4 Å². The van der Waals surface area contributed by atoms with Crippen molar-refractivity contribution in [3.8, 4) is 0 Å². The highest BCUT2D eigenvalue weighted by Gasteiger charge is 2.22. The molecule has 0 aromatic rings. The van der Waals surface area contributed by atoms with E-state index in [1.165, 1.54) is 0 Å². The molecule has 0 unspecified atom stereocenters. The first-order valence-electron chi connectivity index (χ1n) is 5.32. The summed E-state index contributed by atoms with van der Waals surface area (Å²) in [6, 6.07) is 0.190. The quantitative estimate of drug-likeness (QED) is 0.628. The van der Waals surface area contributed by atoms with Gasteiger partial charge in [-0.15, -0.1) is 0 Å². The molecule has 0 aliphatic carbocycles. The molecule has 1 aliphatic rings. The van der Waals surface area contributed by atoms with Crippen LogP contribution in [-0.2, 0) is 14.3 Å². The highest BCUT2D eigenvalue weighted by Crippen LogP contribution is 2.05. The molecule has 1 atom stereocenters. The van der Waals surface area contributed by atoms with Crippen molar-refractivity contribution in [2.45, 2.75) is 13.0 Å². The van der Waals surface area contributed by atoms with E-state index >= 15 is 0 Å². The number of hydrogen-bond donors (Lipinski definition) is 1. The second-order valence-corrected chi connectivity index (χ2v) is 3.68. The van der Waals surface area contributed by atoms with Crippen LogP contribution in [0.4, 0.5) is 0 Å². The number of nitrogens with one attached hydrogen (secondary N) is 1. The van der Waals surface area contributed by atoms with Crippen molar-refractivity contribution in [2.75, 3.05) is 46.6 Å². The molecule has 0 saturated carbocycles. The summed E-state index contributed by atoms with van der Waals surface area (Å²) in [5.41, 5.74) is 0. The fraction of sp³-hybridized carbons (Fsp3) is 0.900. The summed E-state index contributed by atoms with van der Waals surface area (Å²) < 4.78 is 10.2. The molecule has 1 amide bonds. The molecule has 1 saturated heterocycles. The summed E-state index contributed by atoms with van der Waals surface area (Å²) in [7, 11) is 1.65. The van der Waals surface area contributed by atoms with Gasteiger partial charge in [0, 0.05) is 20.2 Å². The third kappa shape index (κ3) is 4.15. The lowest BCUT2D eigenvalue weighted by atomic mass is 10.2. The van der Waals surface area contributed by atoms with Gasteiger partial charge in [0.1, 0.15) is 0 Å². The number of ether oxygens (including phenoxy) is 2. The summed E-state index contributed by atoms with van der Waals surface area (Å²) in [5.74, 6) is 0.141. The highest BCUT2D eigenvalue weighted by atomic mass is 16.5. The second kappa shape index (κ2) is 6.76. The minimum Gasteiger partial charge on any atom is -0.383 e. The van der Waals surface area contributed by atoms with Gasteiger partial charge in [-0.1, -0.05) is 0 Å². The highest BCUT2D eigenvalue weighted by molar-refractivity contribution is 5.78. The van der Waals surface area contributed by atoms with Crippen molar-refractivity contribution >= 4 is 5.91 Å². The Bertz CT molecular complexity index is 199. The molecular formula is C10H20N2O3. The summed E-state index contributed by atoms with van der Waals surface area (Å²) >= 11 is 0. The molecule has 88 valence electrons. The number of rotatable bonds is 5. The molecule has 5 nitrogen and oxygen atoms in total. The predicted molar refractivity (Wildman–Crippen MR) is 56.7 cm³/mol. The lowest BCUT2D eigenvalue weighted by Gasteiger charge is -2.33. The molecule has 1 aliphatic heterocycles. The summed E-state index contributed by atoms with van der Waals surface area (Å²) in [5, 5.41) is 3.05. The van der Waals surface area contributed by atoms with E-state index in [1.54, 1.807) is 7.11 Å². The first-order valence-corrected chi connectivity index (χ1v) is 5.32. The maximum absolute atomic E-state index is 11.7. The van der Waals surface area contributed by atoms with E-state index in [9.17, 15) is 4.79 Å². The lowest BCUT2D eigenvalue weighted by Crippen LogP contribution is -2.50. The van der Waals surface area contributed by atoms with Crippen LogP contribution in [0.15, 0.2) is 0 Å². The summed E-state index contributed by atoms with van der Waals surface area (Å²) in [6.07, 6.45) is 0. The van der Waals surface area contributed by atoms with Gasteiger partial charge in [-0.25, -0.2) is 0 Å². The molecule has 15 heavy (non-hydrogen) atoms. The maximum Gasteiger partial charge on any atom is 0.236 e. The molecule has 0 radical (unpaired) electrons. The summed E-state index contributed by atoms with van der Waals surface area (Å²) in [4.78, 5) is 13.6. The number of hydrogen-bond acceptors (Lipinski definition) is 4. The van der Waals surface area contributed by atoms with Crippen LogP contribution < -0.4 is 5.32 Å². The SMILES string of the molecule is COCCNCC(=O)N1CCOC[C@H]1C. The molecule has 1 N–H and O–H groups in total. The number of amides is 1. The monoisotopic (exact) mass is 216 g/mol. The Morgan fingerprint density at radius 2 is 2.47 bits per heavy atom. The molecule has 5 heteroatoms. The molecular weight excluding hydrogens is 196 g/mol. The van der Waals surface area contributed by atoms with Gasteiger partial charge in [-0.3, -0.25) is 4.79 Å². The Labute approximate surface area is 90.7 Å². The van der Waals surface area contributed by atoms with Gasteiger partial charge in [-0.05, 0) is 6.92 Å². The van der Waals surface area contributed by atoms with E-state index < -0.39 is 0 Å². The number of morpholine rings is 1. The predicted octanol–water partition coefficient (Wildman–Crippen LogP) is -0.530. The molecule has 1 rings (SSSR count). The molecule has 0 spiro atoms. The second-order valence-electron chi connectivity index (χ2n) is 3.68. The fourth-order valence-electron chi connectivity index (χ4n) is 1.57. The van der Waals surface area contributed by atoms with Gasteiger partial charge in [-0.2, -0.15) is 0 Å². The molecule has 0 aromatic carbocycles. The van der Waals surface area contributed by atoms with Crippen molar-refractivity contribution in [3.05, 3.63) is 0 Å². The van der Waals surface area contributed by atoms with Crippen LogP contribution in [0, 0.1) is 0 Å². The van der Waals surface area contributed by atoms with Crippen LogP contribution in [0.2, 0.25) is 0 Å². The van der Waals surface area contributed by atoms with Gasteiger partial charge < -0.3 is 19.7 Å². The molecule has 1 heterocycles. The number of nitrogens with zero attached hydrogens (tertiary/aromatic N) is 1. The fourth-order valence-corrected chi connectivity index (χ4v) is 1.57. The third-order valence-corrected chi connectivity index (χ3v) is 2.45. The average Bonchev–Trinajstić information content (AvgIpc) is 2.25. The molecule has 0 aromatic heterocycles. The van der Waals surface area contributed by atoms with Crippen LogP contribution in [0.5, 0.6) is 0 Å². The van der Waals surface area contributed by atoms with Gasteiger partial charge in [0.05, 0.1) is 32.4 Å². The lowest BCUT2D eigenvalue weighted by molar-refractivity contribution is -0.138. The Morgan fingerprint density at radius 1 is 1.67 bits per heavy atom. The normalized spacial score (nSPS) is 21.7. The maximum atomic E-state index is 11.7. The van der Waals surface area contributed by atoms with E-state index in [4.69, 9.17) is 9.47 Å². The van der Waals surface area contributed by atoms with E-state index in [2.05, 4.69) is 5.32 Å². The standard InChI is InChI=1S/C10H20N2O3/c1-9-8-15-6-4-12(9)10(13)7-11-3-5-14-2/h9,11H,3-8H2,1-2H3/t9-/m1/s1. The first-order chi connectivity index (χ1) is 7.25. The number of carbonyl (C=O) groups is 1. The Kier molecular flexibility index (Phi) is 5.60. The van der Waals surface area contributed by atoms with Crippen molar-refractivity contribution in [1.82, 2.24) is 10.2 Å². The van der Waals surface area contributed by atoms with E-state index in [0.717, 1.165) is 0 Å². The number of methoxy groups -OCH3 is 1. The molecule has 0 bridgehead atoms. The Hall–Kier alpha value is -0.650. The van der Waals surface area contributed by atoms with Gasteiger partial charge in [0.25, 0.3) is 0 Å². The van der Waals surface area contributed by atoms with Crippen LogP contribution >= 0.6 is 0 Å². The van der Waals surface area contributed by atoms with Crippen LogP contribution in [0.1, 0.15) is 6.92 Å².